The molecule has 4 nitrogen and oxygen atoms in total. The zero-order valence-electron chi connectivity index (χ0n) is 8.39. The van der Waals surface area contributed by atoms with Crippen molar-refractivity contribution in [1.82, 2.24) is 0 Å². The van der Waals surface area contributed by atoms with Crippen molar-refractivity contribution in [2.75, 3.05) is 5.75 Å². The van der Waals surface area contributed by atoms with Gasteiger partial charge in [-0.25, -0.2) is 12.8 Å². The molecule has 1 aromatic carbocycles. The Hall–Kier alpha value is -1.43. The van der Waals surface area contributed by atoms with E-state index < -0.39 is 21.6 Å². The maximum Gasteiger partial charge on any atom is 0.303 e. The van der Waals surface area contributed by atoms with Crippen LogP contribution < -0.4 is 0 Å². The van der Waals surface area contributed by atoms with Crippen LogP contribution in [0, 0.1) is 5.82 Å². The van der Waals surface area contributed by atoms with Gasteiger partial charge < -0.3 is 5.11 Å². The number of rotatable bonds is 5. The lowest BCUT2D eigenvalue weighted by atomic mass is 10.3. The van der Waals surface area contributed by atoms with E-state index in [4.69, 9.17) is 5.11 Å². The third-order valence-corrected chi connectivity index (χ3v) is 3.79. The molecule has 6 heteroatoms. The van der Waals surface area contributed by atoms with Crippen molar-refractivity contribution in [3.05, 3.63) is 30.1 Å². The molecule has 0 amide bonds. The Morgan fingerprint density at radius 2 is 1.81 bits per heavy atom. The molecular formula is C10H11FO4S. The molecule has 0 heterocycles. The first-order valence-electron chi connectivity index (χ1n) is 4.62. The highest BCUT2D eigenvalue weighted by Crippen LogP contribution is 2.13. The van der Waals surface area contributed by atoms with E-state index in [2.05, 4.69) is 0 Å². The molecule has 0 aliphatic rings. The van der Waals surface area contributed by atoms with Gasteiger partial charge in [0.2, 0.25) is 0 Å². The molecule has 0 bridgehead atoms. The summed E-state index contributed by atoms with van der Waals surface area (Å²) in [5.41, 5.74) is 0. The number of hydrogen-bond donors (Lipinski definition) is 1. The molecule has 0 fully saturated rings. The predicted octanol–water partition coefficient (Wildman–Crippen LogP) is 1.46. The van der Waals surface area contributed by atoms with E-state index in [0.29, 0.717) is 0 Å². The molecule has 1 aromatic rings. The van der Waals surface area contributed by atoms with Crippen LogP contribution >= 0.6 is 0 Å². The predicted molar refractivity (Wildman–Crippen MR) is 55.3 cm³/mol. The molecule has 0 radical (unpaired) electrons. The third kappa shape index (κ3) is 3.62. The van der Waals surface area contributed by atoms with Gasteiger partial charge in [-0.3, -0.25) is 4.79 Å². The maximum absolute atomic E-state index is 12.6. The molecule has 16 heavy (non-hydrogen) atoms. The van der Waals surface area contributed by atoms with Crippen LogP contribution in [-0.2, 0) is 14.6 Å². The van der Waals surface area contributed by atoms with Crippen LogP contribution in [0.5, 0.6) is 0 Å². The largest absolute Gasteiger partial charge is 0.481 e. The first-order valence-corrected chi connectivity index (χ1v) is 6.27. The molecule has 1 rings (SSSR count). The number of hydrogen-bond acceptors (Lipinski definition) is 3. The second kappa shape index (κ2) is 5.07. The Morgan fingerprint density at radius 1 is 1.25 bits per heavy atom. The highest BCUT2D eigenvalue weighted by atomic mass is 32.2. The van der Waals surface area contributed by atoms with Crippen molar-refractivity contribution in [2.45, 2.75) is 17.7 Å². The topological polar surface area (TPSA) is 71.4 Å². The molecule has 88 valence electrons. The van der Waals surface area contributed by atoms with Gasteiger partial charge in [-0.15, -0.1) is 0 Å². The molecular weight excluding hydrogens is 235 g/mol. The lowest BCUT2D eigenvalue weighted by molar-refractivity contribution is -0.137. The van der Waals surface area contributed by atoms with Gasteiger partial charge in [0.15, 0.2) is 9.84 Å². The number of carbonyl (C=O) groups is 1. The van der Waals surface area contributed by atoms with Gasteiger partial charge in [0.05, 0.1) is 10.6 Å². The SMILES string of the molecule is O=C(O)CCCS(=O)(=O)c1ccc(F)cc1. The van der Waals surface area contributed by atoms with E-state index >= 15 is 0 Å². The van der Waals surface area contributed by atoms with Crippen molar-refractivity contribution >= 4 is 15.8 Å². The highest BCUT2D eigenvalue weighted by molar-refractivity contribution is 7.91. The quantitative estimate of drug-likeness (QED) is 0.798. The summed E-state index contributed by atoms with van der Waals surface area (Å²) in [6.45, 7) is 0. The number of halogens is 1. The highest BCUT2D eigenvalue weighted by Gasteiger charge is 2.14. The van der Waals surface area contributed by atoms with Crippen LogP contribution in [0.25, 0.3) is 0 Å². The molecule has 0 aliphatic carbocycles. The van der Waals surface area contributed by atoms with E-state index in [9.17, 15) is 17.6 Å². The molecule has 0 spiro atoms. The molecule has 1 N–H and O–H groups in total. The molecule has 0 unspecified atom stereocenters. The minimum absolute atomic E-state index is 0.0132. The number of sulfone groups is 1. The summed E-state index contributed by atoms with van der Waals surface area (Å²) < 4.78 is 35.8. The lowest BCUT2D eigenvalue weighted by Gasteiger charge is -2.02. The Balaban J connectivity index is 2.71. The van der Waals surface area contributed by atoms with Crippen molar-refractivity contribution in [3.63, 3.8) is 0 Å². The Kier molecular flexibility index (Phi) is 4.00. The van der Waals surface area contributed by atoms with Crippen molar-refractivity contribution < 1.29 is 22.7 Å². The summed E-state index contributed by atoms with van der Waals surface area (Å²) in [6.07, 6.45) is -0.143. The smallest absolute Gasteiger partial charge is 0.303 e. The number of aliphatic carboxylic acids is 1. The van der Waals surface area contributed by atoms with Gasteiger partial charge in [-0.1, -0.05) is 0 Å². The first kappa shape index (κ1) is 12.6. The third-order valence-electron chi connectivity index (χ3n) is 1.98. The van der Waals surface area contributed by atoms with Gasteiger partial charge in [0.1, 0.15) is 5.82 Å². The van der Waals surface area contributed by atoms with Gasteiger partial charge in [-0.05, 0) is 30.7 Å². The normalized spacial score (nSPS) is 11.3. The summed E-state index contributed by atoms with van der Waals surface area (Å²) in [7, 11) is -3.50. The summed E-state index contributed by atoms with van der Waals surface area (Å²) >= 11 is 0. The van der Waals surface area contributed by atoms with Crippen LogP contribution in [0.1, 0.15) is 12.8 Å². The molecule has 0 atom stereocenters. The fourth-order valence-electron chi connectivity index (χ4n) is 1.17. The Labute approximate surface area is 92.6 Å². The molecule has 0 saturated heterocycles. The number of carboxylic acid groups (broad SMARTS) is 1. The fraction of sp³-hybridized carbons (Fsp3) is 0.300. The standard InChI is InChI=1S/C10H11FO4S/c11-8-3-5-9(6-4-8)16(14,15)7-1-2-10(12)13/h3-6H,1-2,7H2,(H,12,13). The second-order valence-electron chi connectivity index (χ2n) is 3.27. The minimum Gasteiger partial charge on any atom is -0.481 e. The van der Waals surface area contributed by atoms with Crippen LogP contribution in [-0.4, -0.2) is 25.2 Å². The van der Waals surface area contributed by atoms with Gasteiger partial charge in [0.25, 0.3) is 0 Å². The van der Waals surface area contributed by atoms with Crippen molar-refractivity contribution in [1.29, 1.82) is 0 Å². The lowest BCUT2D eigenvalue weighted by Crippen LogP contribution is -2.08. The summed E-state index contributed by atoms with van der Waals surface area (Å²) in [6, 6.07) is 4.46. The van der Waals surface area contributed by atoms with Crippen LogP contribution in [0.4, 0.5) is 4.39 Å². The zero-order valence-corrected chi connectivity index (χ0v) is 9.21. The minimum atomic E-state index is -3.50. The van der Waals surface area contributed by atoms with E-state index in [1.807, 2.05) is 0 Å². The number of benzene rings is 1. The fourth-order valence-corrected chi connectivity index (χ4v) is 2.48. The molecule has 0 saturated carbocycles. The van der Waals surface area contributed by atoms with Crippen LogP contribution in [0.2, 0.25) is 0 Å². The van der Waals surface area contributed by atoms with E-state index in [1.54, 1.807) is 0 Å². The Morgan fingerprint density at radius 3 is 2.31 bits per heavy atom. The van der Waals surface area contributed by atoms with Crippen LogP contribution in [0.15, 0.2) is 29.2 Å². The Bertz CT molecular complexity index is 464. The molecule has 0 aliphatic heterocycles. The van der Waals surface area contributed by atoms with Crippen molar-refractivity contribution in [3.8, 4) is 0 Å². The van der Waals surface area contributed by atoms with Gasteiger partial charge in [0, 0.05) is 6.42 Å². The summed E-state index contributed by atoms with van der Waals surface area (Å²) in [5.74, 6) is -1.79. The average Bonchev–Trinajstić information content (AvgIpc) is 2.17. The average molecular weight is 246 g/mol. The number of carboxylic acids is 1. The summed E-state index contributed by atoms with van der Waals surface area (Å²) in [4.78, 5) is 10.2. The summed E-state index contributed by atoms with van der Waals surface area (Å²) in [5, 5.41) is 8.37. The van der Waals surface area contributed by atoms with Gasteiger partial charge in [-0.2, -0.15) is 0 Å². The zero-order chi connectivity index (χ0) is 12.2. The van der Waals surface area contributed by atoms with Crippen LogP contribution in [0.3, 0.4) is 0 Å². The van der Waals surface area contributed by atoms with E-state index in [0.717, 1.165) is 12.1 Å². The van der Waals surface area contributed by atoms with Gasteiger partial charge >= 0.3 is 5.97 Å². The van der Waals surface area contributed by atoms with E-state index in [-0.39, 0.29) is 23.5 Å². The second-order valence-corrected chi connectivity index (χ2v) is 5.38. The van der Waals surface area contributed by atoms with Crippen molar-refractivity contribution in [2.24, 2.45) is 0 Å². The maximum atomic E-state index is 12.6. The molecule has 0 aromatic heterocycles. The first-order chi connectivity index (χ1) is 7.42. The monoisotopic (exact) mass is 246 g/mol. The van der Waals surface area contributed by atoms with E-state index in [1.165, 1.54) is 12.1 Å².